The van der Waals surface area contributed by atoms with E-state index >= 15 is 0 Å². The van der Waals surface area contributed by atoms with Gasteiger partial charge in [-0.25, -0.2) is 4.98 Å². The van der Waals surface area contributed by atoms with Gasteiger partial charge in [0, 0.05) is 16.6 Å². The highest BCUT2D eigenvalue weighted by Crippen LogP contribution is 2.21. The Morgan fingerprint density at radius 2 is 2.26 bits per heavy atom. The second-order valence-electron chi connectivity index (χ2n) is 4.07. The van der Waals surface area contributed by atoms with Crippen LogP contribution in [0.2, 0.25) is 0 Å². The van der Waals surface area contributed by atoms with Gasteiger partial charge in [-0.1, -0.05) is 6.07 Å². The maximum absolute atomic E-state index is 8.49. The maximum atomic E-state index is 8.49. The number of aromatic nitrogens is 1. The van der Waals surface area contributed by atoms with Gasteiger partial charge in [-0.3, -0.25) is 0 Å². The molecule has 0 amide bonds. The predicted octanol–water partition coefficient (Wildman–Crippen LogP) is 3.27. The van der Waals surface area contributed by atoms with Crippen molar-refractivity contribution < 1.29 is 4.74 Å². The molecule has 5 heteroatoms. The summed E-state index contributed by atoms with van der Waals surface area (Å²) in [4.78, 5) is 5.64. The third-order valence-electron chi connectivity index (χ3n) is 2.59. The van der Waals surface area contributed by atoms with E-state index in [1.54, 1.807) is 11.3 Å². The third kappa shape index (κ3) is 3.70. The van der Waals surface area contributed by atoms with Gasteiger partial charge in [0.05, 0.1) is 17.2 Å². The Bertz CT molecular complexity index is 601. The largest absolute Gasteiger partial charge is 0.479 e. The molecule has 0 saturated heterocycles. The number of anilines is 1. The zero-order valence-corrected chi connectivity index (χ0v) is 11.8. The summed E-state index contributed by atoms with van der Waals surface area (Å²) in [7, 11) is 0. The first-order chi connectivity index (χ1) is 9.19. The summed E-state index contributed by atoms with van der Waals surface area (Å²) in [6.45, 7) is 4.85. The Labute approximate surface area is 116 Å². The quantitative estimate of drug-likeness (QED) is 0.908. The van der Waals surface area contributed by atoms with Crippen LogP contribution < -0.4 is 10.1 Å². The molecule has 1 N–H and O–H groups in total. The van der Waals surface area contributed by atoms with E-state index in [-0.39, 0.29) is 6.61 Å². The molecule has 0 fully saturated rings. The smallest absolute Gasteiger partial charge is 0.174 e. The van der Waals surface area contributed by atoms with Gasteiger partial charge in [-0.2, -0.15) is 5.26 Å². The number of ether oxygens (including phenoxy) is 1. The van der Waals surface area contributed by atoms with Gasteiger partial charge in [-0.15, -0.1) is 11.3 Å². The third-order valence-corrected chi connectivity index (χ3v) is 3.66. The molecular weight excluding hydrogens is 258 g/mol. The van der Waals surface area contributed by atoms with Crippen LogP contribution in [0.3, 0.4) is 0 Å². The lowest BCUT2D eigenvalue weighted by Crippen LogP contribution is -2.00. The zero-order chi connectivity index (χ0) is 13.7. The molecule has 0 atom stereocenters. The van der Waals surface area contributed by atoms with Crippen LogP contribution in [-0.2, 0) is 6.54 Å². The monoisotopic (exact) mass is 273 g/mol. The minimum absolute atomic E-state index is 0.0661. The van der Waals surface area contributed by atoms with Gasteiger partial charge >= 0.3 is 0 Å². The highest BCUT2D eigenvalue weighted by Gasteiger charge is 2.04. The van der Waals surface area contributed by atoms with E-state index in [0.29, 0.717) is 5.75 Å². The molecule has 0 saturated carbocycles. The summed E-state index contributed by atoms with van der Waals surface area (Å²) in [5.74, 6) is 0.698. The van der Waals surface area contributed by atoms with Crippen LogP contribution in [0, 0.1) is 25.2 Å². The number of aryl methyl sites for hydroxylation is 2. The molecule has 2 aromatic rings. The van der Waals surface area contributed by atoms with Crippen molar-refractivity contribution >= 4 is 17.0 Å². The average molecular weight is 273 g/mol. The fourth-order valence-electron chi connectivity index (χ4n) is 1.73. The molecule has 0 bridgehead atoms. The normalized spacial score (nSPS) is 9.95. The van der Waals surface area contributed by atoms with Crippen molar-refractivity contribution in [1.29, 1.82) is 5.26 Å². The Kier molecular flexibility index (Phi) is 4.37. The summed E-state index contributed by atoms with van der Waals surface area (Å²) in [5, 5.41) is 12.9. The van der Waals surface area contributed by atoms with E-state index in [4.69, 9.17) is 10.00 Å². The molecule has 1 heterocycles. The van der Waals surface area contributed by atoms with Gasteiger partial charge in [0.1, 0.15) is 11.8 Å². The van der Waals surface area contributed by atoms with Crippen LogP contribution in [0.5, 0.6) is 5.75 Å². The number of nitrogens with zero attached hydrogens (tertiary/aromatic N) is 2. The van der Waals surface area contributed by atoms with Crippen LogP contribution >= 0.6 is 11.3 Å². The summed E-state index contributed by atoms with van der Waals surface area (Å²) in [6.07, 6.45) is 0. The average Bonchev–Trinajstić information content (AvgIpc) is 2.73. The molecule has 98 valence electrons. The van der Waals surface area contributed by atoms with Crippen molar-refractivity contribution in [2.45, 2.75) is 20.4 Å². The molecule has 0 unspecified atom stereocenters. The lowest BCUT2D eigenvalue weighted by molar-refractivity contribution is 0.368. The SMILES string of the molecule is Cc1nc(C)c(CNc2cccc(OCC#N)c2)s1. The standard InChI is InChI=1S/C14H15N3OS/c1-10-14(19-11(2)17-10)9-16-12-4-3-5-13(8-12)18-7-6-15/h3-5,8,16H,7,9H2,1-2H3. The molecular formula is C14H15N3OS. The van der Waals surface area contributed by atoms with Gasteiger partial charge in [-0.05, 0) is 26.0 Å². The summed E-state index contributed by atoms with van der Waals surface area (Å²) in [6, 6.07) is 9.56. The van der Waals surface area contributed by atoms with Crippen molar-refractivity contribution in [1.82, 2.24) is 4.98 Å². The summed E-state index contributed by atoms with van der Waals surface area (Å²) < 4.78 is 5.26. The van der Waals surface area contributed by atoms with E-state index in [9.17, 15) is 0 Å². The minimum atomic E-state index is 0.0661. The topological polar surface area (TPSA) is 57.9 Å². The Balaban J connectivity index is 1.99. The number of hydrogen-bond donors (Lipinski definition) is 1. The van der Waals surface area contributed by atoms with E-state index in [1.807, 2.05) is 44.2 Å². The first-order valence-corrected chi connectivity index (χ1v) is 6.77. The van der Waals surface area contributed by atoms with Crippen molar-refractivity contribution in [3.8, 4) is 11.8 Å². The van der Waals surface area contributed by atoms with Crippen molar-refractivity contribution in [2.75, 3.05) is 11.9 Å². The van der Waals surface area contributed by atoms with Gasteiger partial charge < -0.3 is 10.1 Å². The Morgan fingerprint density at radius 3 is 2.95 bits per heavy atom. The maximum Gasteiger partial charge on any atom is 0.174 e. The number of rotatable bonds is 5. The fraction of sp³-hybridized carbons (Fsp3) is 0.286. The second kappa shape index (κ2) is 6.21. The predicted molar refractivity (Wildman–Crippen MR) is 76.5 cm³/mol. The van der Waals surface area contributed by atoms with Crippen molar-refractivity contribution in [3.05, 3.63) is 39.8 Å². The number of benzene rings is 1. The summed E-state index contributed by atoms with van der Waals surface area (Å²) >= 11 is 1.70. The molecule has 4 nitrogen and oxygen atoms in total. The first kappa shape index (κ1) is 13.4. The molecule has 0 spiro atoms. The lowest BCUT2D eigenvalue weighted by atomic mass is 10.3. The Hall–Kier alpha value is -2.06. The molecule has 19 heavy (non-hydrogen) atoms. The van der Waals surface area contributed by atoms with E-state index in [0.717, 1.165) is 22.9 Å². The van der Waals surface area contributed by atoms with Gasteiger partial charge in [0.2, 0.25) is 0 Å². The van der Waals surface area contributed by atoms with Crippen LogP contribution in [0.4, 0.5) is 5.69 Å². The van der Waals surface area contributed by atoms with Gasteiger partial charge in [0.25, 0.3) is 0 Å². The minimum Gasteiger partial charge on any atom is -0.479 e. The number of nitrogens with one attached hydrogen (secondary N) is 1. The molecule has 0 aliphatic carbocycles. The molecule has 1 aromatic carbocycles. The van der Waals surface area contributed by atoms with Crippen molar-refractivity contribution in [2.24, 2.45) is 0 Å². The van der Waals surface area contributed by atoms with E-state index < -0.39 is 0 Å². The highest BCUT2D eigenvalue weighted by molar-refractivity contribution is 7.11. The summed E-state index contributed by atoms with van der Waals surface area (Å²) in [5.41, 5.74) is 2.05. The number of nitriles is 1. The molecule has 0 aliphatic rings. The van der Waals surface area contributed by atoms with Crippen LogP contribution in [-0.4, -0.2) is 11.6 Å². The first-order valence-electron chi connectivity index (χ1n) is 5.95. The van der Waals surface area contributed by atoms with Crippen molar-refractivity contribution in [3.63, 3.8) is 0 Å². The molecule has 0 radical (unpaired) electrons. The number of thiazole rings is 1. The van der Waals surface area contributed by atoms with E-state index in [1.165, 1.54) is 4.88 Å². The zero-order valence-electron chi connectivity index (χ0n) is 10.9. The number of hydrogen-bond acceptors (Lipinski definition) is 5. The lowest BCUT2D eigenvalue weighted by Gasteiger charge is -2.07. The fourth-order valence-corrected chi connectivity index (χ4v) is 2.61. The van der Waals surface area contributed by atoms with E-state index in [2.05, 4.69) is 10.3 Å². The second-order valence-corrected chi connectivity index (χ2v) is 5.36. The van der Waals surface area contributed by atoms with Crippen LogP contribution in [0.1, 0.15) is 15.6 Å². The highest BCUT2D eigenvalue weighted by atomic mass is 32.1. The van der Waals surface area contributed by atoms with Gasteiger partial charge in [0.15, 0.2) is 6.61 Å². The van der Waals surface area contributed by atoms with Crippen LogP contribution in [0.25, 0.3) is 0 Å². The van der Waals surface area contributed by atoms with Crippen LogP contribution in [0.15, 0.2) is 24.3 Å². The Morgan fingerprint density at radius 1 is 1.42 bits per heavy atom. The molecule has 2 rings (SSSR count). The molecule has 0 aliphatic heterocycles. The molecule has 1 aromatic heterocycles.